The Labute approximate surface area is 111 Å². The van der Waals surface area contributed by atoms with Gasteiger partial charge in [-0.25, -0.2) is 0 Å². The number of nitrogens with one attached hydrogen (secondary N) is 1. The zero-order valence-electron chi connectivity index (χ0n) is 9.80. The second kappa shape index (κ2) is 6.91. The van der Waals surface area contributed by atoms with Crippen LogP contribution in [0, 0.1) is 0 Å². The Bertz CT molecular complexity index is 375. The summed E-state index contributed by atoms with van der Waals surface area (Å²) in [5, 5.41) is 4.05. The van der Waals surface area contributed by atoms with Gasteiger partial charge in [0.05, 0.1) is 34.1 Å². The maximum atomic E-state index is 5.91. The van der Waals surface area contributed by atoms with Crippen molar-refractivity contribution in [1.29, 1.82) is 0 Å². The van der Waals surface area contributed by atoms with Gasteiger partial charge in [0.15, 0.2) is 0 Å². The van der Waals surface area contributed by atoms with Gasteiger partial charge in [-0.2, -0.15) is 0 Å². The van der Waals surface area contributed by atoms with Gasteiger partial charge < -0.3 is 20.5 Å². The number of anilines is 2. The van der Waals surface area contributed by atoms with Crippen LogP contribution in [0.3, 0.4) is 0 Å². The van der Waals surface area contributed by atoms with Crippen molar-refractivity contribution < 1.29 is 9.47 Å². The van der Waals surface area contributed by atoms with E-state index in [1.54, 1.807) is 26.4 Å². The number of nitrogen functional groups attached to an aromatic ring is 1. The lowest BCUT2D eigenvalue weighted by Crippen LogP contribution is -2.26. The highest BCUT2D eigenvalue weighted by Gasteiger charge is 2.09. The molecule has 6 heteroatoms. The molecule has 1 aromatic rings. The first kappa shape index (κ1) is 14.4. The topological polar surface area (TPSA) is 56.5 Å². The first-order valence-corrected chi connectivity index (χ1v) is 5.84. The molecule has 1 aromatic carbocycles. The predicted molar refractivity (Wildman–Crippen MR) is 72.0 cm³/mol. The third kappa shape index (κ3) is 4.24. The molecule has 0 aliphatic rings. The molecule has 1 unspecified atom stereocenters. The molecule has 1 atom stereocenters. The first-order chi connectivity index (χ1) is 8.08. The number of hydrogen-bond donors (Lipinski definition) is 2. The fourth-order valence-electron chi connectivity index (χ4n) is 1.34. The molecular weight excluding hydrogens is 263 g/mol. The highest BCUT2D eigenvalue weighted by atomic mass is 35.5. The van der Waals surface area contributed by atoms with E-state index >= 15 is 0 Å². The van der Waals surface area contributed by atoms with Crippen LogP contribution in [0.2, 0.25) is 10.0 Å². The molecule has 0 spiro atoms. The van der Waals surface area contributed by atoms with E-state index in [4.69, 9.17) is 38.4 Å². The van der Waals surface area contributed by atoms with Crippen LogP contribution in [0.25, 0.3) is 0 Å². The Hall–Kier alpha value is -0.680. The third-order valence-corrected chi connectivity index (χ3v) is 3.02. The minimum Gasteiger partial charge on any atom is -0.397 e. The van der Waals surface area contributed by atoms with Gasteiger partial charge in [0.25, 0.3) is 0 Å². The quantitative estimate of drug-likeness (QED) is 0.786. The van der Waals surface area contributed by atoms with E-state index in [2.05, 4.69) is 5.32 Å². The van der Waals surface area contributed by atoms with Crippen LogP contribution < -0.4 is 11.1 Å². The molecule has 1 rings (SSSR count). The van der Waals surface area contributed by atoms with Gasteiger partial charge in [0, 0.05) is 20.8 Å². The van der Waals surface area contributed by atoms with E-state index in [1.165, 1.54) is 0 Å². The Morgan fingerprint density at radius 2 is 1.94 bits per heavy atom. The smallest absolute Gasteiger partial charge is 0.0976 e. The summed E-state index contributed by atoms with van der Waals surface area (Å²) in [7, 11) is 3.25. The minimum absolute atomic E-state index is 0.0474. The van der Waals surface area contributed by atoms with Crippen molar-refractivity contribution in [1.82, 2.24) is 0 Å². The number of halogens is 2. The van der Waals surface area contributed by atoms with E-state index in [0.29, 0.717) is 28.9 Å². The number of methoxy groups -OCH3 is 2. The van der Waals surface area contributed by atoms with E-state index in [0.717, 1.165) is 5.69 Å². The van der Waals surface area contributed by atoms with Gasteiger partial charge in [0.2, 0.25) is 0 Å². The second-order valence-corrected chi connectivity index (χ2v) is 4.36. The fraction of sp³-hybridized carbons (Fsp3) is 0.455. The molecule has 0 fully saturated rings. The molecule has 0 aliphatic carbocycles. The van der Waals surface area contributed by atoms with Crippen LogP contribution in [0.15, 0.2) is 12.1 Å². The highest BCUT2D eigenvalue weighted by Crippen LogP contribution is 2.30. The molecule has 96 valence electrons. The summed E-state index contributed by atoms with van der Waals surface area (Å²) in [4.78, 5) is 0. The third-order valence-electron chi connectivity index (χ3n) is 2.30. The average molecular weight is 279 g/mol. The summed E-state index contributed by atoms with van der Waals surface area (Å²) in [6, 6.07) is 3.31. The van der Waals surface area contributed by atoms with Gasteiger partial charge >= 0.3 is 0 Å². The molecule has 4 nitrogen and oxygen atoms in total. The number of hydrogen-bond acceptors (Lipinski definition) is 4. The van der Waals surface area contributed by atoms with E-state index < -0.39 is 0 Å². The van der Waals surface area contributed by atoms with Crippen LogP contribution in [0.4, 0.5) is 11.4 Å². The van der Waals surface area contributed by atoms with Crippen LogP contribution in [-0.4, -0.2) is 33.5 Å². The Morgan fingerprint density at radius 3 is 2.53 bits per heavy atom. The van der Waals surface area contributed by atoms with Crippen molar-refractivity contribution in [2.75, 3.05) is 38.4 Å². The summed E-state index contributed by atoms with van der Waals surface area (Å²) in [6.07, 6.45) is -0.0474. The Morgan fingerprint density at radius 1 is 1.29 bits per heavy atom. The van der Waals surface area contributed by atoms with Crippen LogP contribution in [0.1, 0.15) is 0 Å². The summed E-state index contributed by atoms with van der Waals surface area (Å²) in [6.45, 7) is 1.08. The molecule has 0 amide bonds. The fourth-order valence-corrected chi connectivity index (χ4v) is 1.67. The average Bonchev–Trinajstić information content (AvgIpc) is 2.30. The van der Waals surface area contributed by atoms with Gasteiger partial charge in [-0.15, -0.1) is 0 Å². The van der Waals surface area contributed by atoms with Crippen LogP contribution >= 0.6 is 23.2 Å². The van der Waals surface area contributed by atoms with Gasteiger partial charge in [-0.3, -0.25) is 0 Å². The Kier molecular flexibility index (Phi) is 5.85. The number of nitrogens with two attached hydrogens (primary N) is 1. The molecule has 0 saturated carbocycles. The van der Waals surface area contributed by atoms with Crippen molar-refractivity contribution in [2.45, 2.75) is 6.10 Å². The molecule has 0 saturated heterocycles. The largest absolute Gasteiger partial charge is 0.397 e. The minimum atomic E-state index is -0.0474. The van der Waals surface area contributed by atoms with Gasteiger partial charge in [0.1, 0.15) is 0 Å². The summed E-state index contributed by atoms with van der Waals surface area (Å²) < 4.78 is 10.2. The SMILES string of the molecule is COCC(CNc1cc(Cl)c(Cl)cc1N)OC. The standard InChI is InChI=1S/C11H16Cl2N2O2/c1-16-6-7(17-2)5-15-11-4-9(13)8(12)3-10(11)14/h3-4,7,15H,5-6,14H2,1-2H3. The summed E-state index contributed by atoms with van der Waals surface area (Å²) in [5.41, 5.74) is 7.10. The lowest BCUT2D eigenvalue weighted by Gasteiger charge is -2.17. The van der Waals surface area contributed by atoms with Gasteiger partial charge in [-0.1, -0.05) is 23.2 Å². The normalized spacial score (nSPS) is 12.5. The van der Waals surface area contributed by atoms with E-state index in [9.17, 15) is 0 Å². The lowest BCUT2D eigenvalue weighted by atomic mass is 10.2. The molecule has 0 bridgehead atoms. The van der Waals surface area contributed by atoms with Gasteiger partial charge in [-0.05, 0) is 12.1 Å². The maximum Gasteiger partial charge on any atom is 0.0976 e. The highest BCUT2D eigenvalue weighted by molar-refractivity contribution is 6.42. The zero-order valence-corrected chi connectivity index (χ0v) is 11.3. The van der Waals surface area contributed by atoms with E-state index in [1.807, 2.05) is 0 Å². The van der Waals surface area contributed by atoms with Crippen molar-refractivity contribution in [2.24, 2.45) is 0 Å². The van der Waals surface area contributed by atoms with Crippen molar-refractivity contribution in [3.63, 3.8) is 0 Å². The summed E-state index contributed by atoms with van der Waals surface area (Å²) in [5.74, 6) is 0. The maximum absolute atomic E-state index is 5.91. The molecule has 17 heavy (non-hydrogen) atoms. The molecular formula is C11H16Cl2N2O2. The van der Waals surface area contributed by atoms with Crippen molar-refractivity contribution in [3.05, 3.63) is 22.2 Å². The zero-order chi connectivity index (χ0) is 12.8. The van der Waals surface area contributed by atoms with Crippen molar-refractivity contribution in [3.8, 4) is 0 Å². The predicted octanol–water partition coefficient (Wildman–Crippen LogP) is 2.65. The van der Waals surface area contributed by atoms with Crippen LogP contribution in [-0.2, 0) is 9.47 Å². The monoisotopic (exact) mass is 278 g/mol. The second-order valence-electron chi connectivity index (χ2n) is 3.55. The molecule has 0 heterocycles. The molecule has 0 aromatic heterocycles. The number of rotatable bonds is 6. The molecule has 0 radical (unpaired) electrons. The van der Waals surface area contributed by atoms with Crippen molar-refractivity contribution >= 4 is 34.6 Å². The summed E-state index contributed by atoms with van der Waals surface area (Å²) >= 11 is 11.8. The van der Waals surface area contributed by atoms with E-state index in [-0.39, 0.29) is 6.10 Å². The number of ether oxygens (including phenoxy) is 2. The Balaban J connectivity index is 2.65. The van der Waals surface area contributed by atoms with Crippen LogP contribution in [0.5, 0.6) is 0 Å². The number of benzene rings is 1. The lowest BCUT2D eigenvalue weighted by molar-refractivity contribution is 0.0366. The molecule has 0 aliphatic heterocycles. The molecule has 3 N–H and O–H groups in total. The first-order valence-electron chi connectivity index (χ1n) is 5.08.